The van der Waals surface area contributed by atoms with Crippen molar-refractivity contribution in [1.29, 1.82) is 0 Å². The van der Waals surface area contributed by atoms with Gasteiger partial charge in [0.25, 0.3) is 5.91 Å². The Morgan fingerprint density at radius 3 is 2.46 bits per heavy atom. The molecular formula is C23H19N3OS. The normalized spacial score (nSPS) is 10.6. The van der Waals surface area contributed by atoms with E-state index in [9.17, 15) is 4.79 Å². The van der Waals surface area contributed by atoms with Crippen molar-refractivity contribution in [2.75, 3.05) is 5.32 Å². The first-order valence-corrected chi connectivity index (χ1v) is 9.79. The molecule has 0 atom stereocenters. The van der Waals surface area contributed by atoms with Crippen LogP contribution in [0.25, 0.3) is 21.7 Å². The fourth-order valence-corrected chi connectivity index (χ4v) is 3.89. The molecule has 0 radical (unpaired) electrons. The largest absolute Gasteiger partial charge is 0.298 e. The molecule has 0 saturated heterocycles. The summed E-state index contributed by atoms with van der Waals surface area (Å²) in [6, 6.07) is 19.9. The van der Waals surface area contributed by atoms with Gasteiger partial charge in [0.2, 0.25) is 0 Å². The smallest absolute Gasteiger partial charge is 0.259 e. The fraction of sp³-hybridized carbons (Fsp3) is 0.0870. The molecule has 138 valence electrons. The zero-order chi connectivity index (χ0) is 19.5. The Bertz CT molecular complexity index is 1120. The number of hydrogen-bond donors (Lipinski definition) is 1. The standard InChI is InChI=1S/C23H19N3OS/c1-15-10-11-18(13-16(15)2)21-20(17-7-4-3-5-8-17)25-23(28-21)26-22(27)19-9-6-12-24-14-19/h3-14H,1-2H3,(H,25,26,27). The number of amides is 1. The van der Waals surface area contributed by atoms with Crippen LogP contribution in [0.4, 0.5) is 5.13 Å². The third kappa shape index (κ3) is 3.70. The second-order valence-electron chi connectivity index (χ2n) is 6.56. The molecule has 4 aromatic rings. The van der Waals surface area contributed by atoms with Gasteiger partial charge in [0, 0.05) is 18.0 Å². The van der Waals surface area contributed by atoms with Crippen molar-refractivity contribution in [1.82, 2.24) is 9.97 Å². The minimum atomic E-state index is -0.215. The first-order valence-electron chi connectivity index (χ1n) is 8.97. The summed E-state index contributed by atoms with van der Waals surface area (Å²) in [5.74, 6) is -0.215. The molecule has 4 nitrogen and oxygen atoms in total. The number of nitrogens with zero attached hydrogens (tertiary/aromatic N) is 2. The van der Waals surface area contributed by atoms with Crippen LogP contribution in [0, 0.1) is 13.8 Å². The molecule has 2 aromatic heterocycles. The molecule has 0 spiro atoms. The van der Waals surface area contributed by atoms with E-state index in [1.54, 1.807) is 24.5 Å². The Labute approximate surface area is 167 Å². The van der Waals surface area contributed by atoms with E-state index in [4.69, 9.17) is 4.98 Å². The molecule has 0 fully saturated rings. The van der Waals surface area contributed by atoms with E-state index in [1.165, 1.54) is 22.5 Å². The Morgan fingerprint density at radius 1 is 0.929 bits per heavy atom. The van der Waals surface area contributed by atoms with Crippen LogP contribution in [-0.4, -0.2) is 15.9 Å². The number of carbonyl (C=O) groups excluding carboxylic acids is 1. The Kier molecular flexibility index (Phi) is 5.00. The van der Waals surface area contributed by atoms with Crippen molar-refractivity contribution in [3.05, 3.63) is 89.7 Å². The molecule has 4 rings (SSSR count). The predicted molar refractivity (Wildman–Crippen MR) is 115 cm³/mol. The summed E-state index contributed by atoms with van der Waals surface area (Å²) < 4.78 is 0. The predicted octanol–water partition coefficient (Wildman–Crippen LogP) is 5.74. The molecule has 28 heavy (non-hydrogen) atoms. The summed E-state index contributed by atoms with van der Waals surface area (Å²) in [6.07, 6.45) is 3.19. The van der Waals surface area contributed by atoms with E-state index in [0.717, 1.165) is 21.7 Å². The number of benzene rings is 2. The van der Waals surface area contributed by atoms with Crippen molar-refractivity contribution in [3.8, 4) is 21.7 Å². The van der Waals surface area contributed by atoms with Crippen LogP contribution >= 0.6 is 11.3 Å². The number of rotatable bonds is 4. The fourth-order valence-electron chi connectivity index (χ4n) is 2.91. The number of anilines is 1. The molecule has 1 amide bonds. The van der Waals surface area contributed by atoms with Gasteiger partial charge in [0.15, 0.2) is 5.13 Å². The number of carbonyl (C=O) groups is 1. The van der Waals surface area contributed by atoms with Gasteiger partial charge in [-0.2, -0.15) is 0 Å². The SMILES string of the molecule is Cc1ccc(-c2sc(NC(=O)c3cccnc3)nc2-c2ccccc2)cc1C. The number of hydrogen-bond acceptors (Lipinski definition) is 4. The van der Waals surface area contributed by atoms with E-state index in [0.29, 0.717) is 10.7 Å². The molecule has 0 aliphatic heterocycles. The monoisotopic (exact) mass is 385 g/mol. The number of pyridine rings is 1. The average molecular weight is 385 g/mol. The van der Waals surface area contributed by atoms with E-state index in [2.05, 4.69) is 42.3 Å². The summed E-state index contributed by atoms with van der Waals surface area (Å²) in [5.41, 5.74) is 5.97. The molecule has 1 N–H and O–H groups in total. The van der Waals surface area contributed by atoms with Gasteiger partial charge in [-0.15, -0.1) is 0 Å². The third-order valence-electron chi connectivity index (χ3n) is 4.59. The molecule has 0 aliphatic carbocycles. The van der Waals surface area contributed by atoms with E-state index < -0.39 is 0 Å². The minimum Gasteiger partial charge on any atom is -0.298 e. The molecule has 0 unspecified atom stereocenters. The lowest BCUT2D eigenvalue weighted by Crippen LogP contribution is -2.11. The topological polar surface area (TPSA) is 54.9 Å². The summed E-state index contributed by atoms with van der Waals surface area (Å²) >= 11 is 1.48. The van der Waals surface area contributed by atoms with Gasteiger partial charge in [0.05, 0.1) is 16.1 Å². The van der Waals surface area contributed by atoms with Crippen molar-refractivity contribution in [2.24, 2.45) is 0 Å². The summed E-state index contributed by atoms with van der Waals surface area (Å²) in [4.78, 5) is 22.3. The number of nitrogens with one attached hydrogen (secondary N) is 1. The van der Waals surface area contributed by atoms with Crippen LogP contribution < -0.4 is 5.32 Å². The molecule has 0 saturated carbocycles. The van der Waals surface area contributed by atoms with Crippen LogP contribution in [-0.2, 0) is 0 Å². The Morgan fingerprint density at radius 2 is 1.75 bits per heavy atom. The quantitative estimate of drug-likeness (QED) is 0.487. The van der Waals surface area contributed by atoms with Gasteiger partial charge < -0.3 is 0 Å². The highest BCUT2D eigenvalue weighted by atomic mass is 32.1. The lowest BCUT2D eigenvalue weighted by atomic mass is 10.0. The van der Waals surface area contributed by atoms with Gasteiger partial charge in [-0.1, -0.05) is 59.9 Å². The van der Waals surface area contributed by atoms with Crippen LogP contribution in [0.1, 0.15) is 21.5 Å². The highest BCUT2D eigenvalue weighted by Crippen LogP contribution is 2.39. The average Bonchev–Trinajstić information content (AvgIpc) is 3.15. The first kappa shape index (κ1) is 18.1. The molecule has 0 aliphatic rings. The third-order valence-corrected chi connectivity index (χ3v) is 5.61. The zero-order valence-electron chi connectivity index (χ0n) is 15.6. The van der Waals surface area contributed by atoms with Crippen LogP contribution in [0.2, 0.25) is 0 Å². The maximum Gasteiger partial charge on any atom is 0.259 e. The first-order chi connectivity index (χ1) is 13.6. The molecule has 5 heteroatoms. The van der Waals surface area contributed by atoms with Gasteiger partial charge >= 0.3 is 0 Å². The molecule has 2 aromatic carbocycles. The highest BCUT2D eigenvalue weighted by Gasteiger charge is 2.17. The maximum absolute atomic E-state index is 12.5. The second kappa shape index (κ2) is 7.74. The van der Waals surface area contributed by atoms with Crippen molar-refractivity contribution in [2.45, 2.75) is 13.8 Å². The minimum absolute atomic E-state index is 0.215. The summed E-state index contributed by atoms with van der Waals surface area (Å²) in [6.45, 7) is 4.20. The van der Waals surface area contributed by atoms with E-state index in [1.807, 2.05) is 30.3 Å². The maximum atomic E-state index is 12.5. The van der Waals surface area contributed by atoms with Crippen molar-refractivity contribution < 1.29 is 4.79 Å². The van der Waals surface area contributed by atoms with E-state index in [-0.39, 0.29) is 5.91 Å². The molecular weight excluding hydrogens is 366 g/mol. The zero-order valence-corrected chi connectivity index (χ0v) is 16.5. The van der Waals surface area contributed by atoms with Gasteiger partial charge in [0.1, 0.15) is 0 Å². The van der Waals surface area contributed by atoms with Crippen molar-refractivity contribution >= 4 is 22.4 Å². The Hall–Kier alpha value is -3.31. The lowest BCUT2D eigenvalue weighted by Gasteiger charge is -2.05. The molecule has 0 bridgehead atoms. The van der Waals surface area contributed by atoms with Crippen LogP contribution in [0.3, 0.4) is 0 Å². The number of aromatic nitrogens is 2. The number of thiazole rings is 1. The molecule has 2 heterocycles. The Balaban J connectivity index is 1.76. The summed E-state index contributed by atoms with van der Waals surface area (Å²) in [7, 11) is 0. The lowest BCUT2D eigenvalue weighted by molar-refractivity contribution is 0.102. The van der Waals surface area contributed by atoms with Crippen molar-refractivity contribution in [3.63, 3.8) is 0 Å². The van der Waals surface area contributed by atoms with E-state index >= 15 is 0 Å². The number of aryl methyl sites for hydroxylation is 2. The highest BCUT2D eigenvalue weighted by molar-refractivity contribution is 7.19. The summed E-state index contributed by atoms with van der Waals surface area (Å²) in [5, 5.41) is 3.48. The van der Waals surface area contributed by atoms with Crippen LogP contribution in [0.5, 0.6) is 0 Å². The van der Waals surface area contributed by atoms with Crippen LogP contribution in [0.15, 0.2) is 73.1 Å². The van der Waals surface area contributed by atoms with Gasteiger partial charge in [-0.05, 0) is 42.7 Å². The van der Waals surface area contributed by atoms with Gasteiger partial charge in [-0.3, -0.25) is 15.1 Å². The van der Waals surface area contributed by atoms with Gasteiger partial charge in [-0.25, -0.2) is 4.98 Å². The second-order valence-corrected chi connectivity index (χ2v) is 7.56.